The molecule has 3 aromatic carbocycles. The minimum Gasteiger partial charge on any atom is -0.484 e. The fraction of sp³-hybridized carbons (Fsp3) is 0.182. The van der Waals surface area contributed by atoms with Gasteiger partial charge >= 0.3 is 0 Å². The summed E-state index contributed by atoms with van der Waals surface area (Å²) in [6.07, 6.45) is 0.933. The Hall–Kier alpha value is -2.58. The van der Waals surface area contributed by atoms with Crippen molar-refractivity contribution in [2.45, 2.75) is 13.3 Å². The number of hydrogen-bond acceptors (Lipinski definition) is 4. The first-order valence-electron chi connectivity index (χ1n) is 9.26. The van der Waals surface area contributed by atoms with E-state index < -0.39 is 11.8 Å². The number of carbonyl (C=O) groups excluding carboxylic acids is 2. The van der Waals surface area contributed by atoms with Crippen molar-refractivity contribution in [1.82, 2.24) is 10.9 Å². The molecular formula is C22H20Br2N2O4. The Morgan fingerprint density at radius 2 is 1.53 bits per heavy atom. The zero-order chi connectivity index (χ0) is 21.5. The van der Waals surface area contributed by atoms with Gasteiger partial charge in [-0.05, 0) is 69.0 Å². The van der Waals surface area contributed by atoms with E-state index in [-0.39, 0.29) is 13.2 Å². The molecule has 0 radical (unpaired) electrons. The summed E-state index contributed by atoms with van der Waals surface area (Å²) in [4.78, 5) is 23.8. The van der Waals surface area contributed by atoms with Crippen molar-refractivity contribution in [2.75, 3.05) is 13.2 Å². The predicted molar refractivity (Wildman–Crippen MR) is 122 cm³/mol. The van der Waals surface area contributed by atoms with Crippen LogP contribution < -0.4 is 20.3 Å². The van der Waals surface area contributed by atoms with Crippen LogP contribution in [0.3, 0.4) is 0 Å². The lowest BCUT2D eigenvalue weighted by Gasteiger charge is -2.12. The molecule has 0 fully saturated rings. The first kappa shape index (κ1) is 22.1. The van der Waals surface area contributed by atoms with Gasteiger partial charge in [0.25, 0.3) is 11.8 Å². The molecule has 2 amide bonds. The van der Waals surface area contributed by atoms with Crippen LogP contribution in [0.5, 0.6) is 11.5 Å². The molecule has 0 aliphatic carbocycles. The van der Waals surface area contributed by atoms with Gasteiger partial charge in [0.2, 0.25) is 0 Å². The van der Waals surface area contributed by atoms with Crippen molar-refractivity contribution in [2.24, 2.45) is 0 Å². The van der Waals surface area contributed by atoms with Crippen LogP contribution in [-0.4, -0.2) is 25.0 Å². The van der Waals surface area contributed by atoms with Gasteiger partial charge in [0, 0.05) is 4.47 Å². The summed E-state index contributed by atoms with van der Waals surface area (Å²) in [6.45, 7) is 1.60. The topological polar surface area (TPSA) is 76.7 Å². The van der Waals surface area contributed by atoms with Gasteiger partial charge in [-0.3, -0.25) is 20.4 Å². The maximum atomic E-state index is 12.0. The SMILES string of the molecule is CCc1ccc(OCC(=O)NNC(=O)COc2ccc3cc(Br)ccc3c2Br)cc1. The van der Waals surface area contributed by atoms with Crippen molar-refractivity contribution in [3.8, 4) is 11.5 Å². The first-order chi connectivity index (χ1) is 14.5. The summed E-state index contributed by atoms with van der Waals surface area (Å²) in [5, 5.41) is 2.00. The lowest BCUT2D eigenvalue weighted by atomic mass is 10.1. The number of nitrogens with one attached hydrogen (secondary N) is 2. The van der Waals surface area contributed by atoms with Gasteiger partial charge in [0.05, 0.1) is 4.47 Å². The van der Waals surface area contributed by atoms with Gasteiger partial charge in [-0.25, -0.2) is 0 Å². The molecule has 8 heteroatoms. The highest BCUT2D eigenvalue weighted by Gasteiger charge is 2.10. The Morgan fingerprint density at radius 1 is 0.867 bits per heavy atom. The monoisotopic (exact) mass is 534 g/mol. The van der Waals surface area contributed by atoms with E-state index in [9.17, 15) is 9.59 Å². The summed E-state index contributed by atoms with van der Waals surface area (Å²) in [5.74, 6) is 0.161. The summed E-state index contributed by atoms with van der Waals surface area (Å²) >= 11 is 6.95. The van der Waals surface area contributed by atoms with Crippen LogP contribution in [0.25, 0.3) is 10.8 Å². The number of fused-ring (bicyclic) bond motifs is 1. The van der Waals surface area contributed by atoms with Crippen molar-refractivity contribution in [3.63, 3.8) is 0 Å². The zero-order valence-corrected chi connectivity index (χ0v) is 19.4. The molecule has 0 aliphatic rings. The molecule has 6 nitrogen and oxygen atoms in total. The number of carbonyl (C=O) groups is 2. The number of ether oxygens (including phenoxy) is 2. The van der Waals surface area contributed by atoms with Crippen molar-refractivity contribution < 1.29 is 19.1 Å². The van der Waals surface area contributed by atoms with E-state index in [4.69, 9.17) is 9.47 Å². The molecule has 0 bridgehead atoms. The number of hydrazine groups is 1. The summed E-state index contributed by atoms with van der Waals surface area (Å²) in [5.41, 5.74) is 5.79. The highest BCUT2D eigenvalue weighted by atomic mass is 79.9. The van der Waals surface area contributed by atoms with E-state index in [1.54, 1.807) is 18.2 Å². The molecule has 30 heavy (non-hydrogen) atoms. The third-order valence-corrected chi connectivity index (χ3v) is 5.59. The lowest BCUT2D eigenvalue weighted by Crippen LogP contribution is -2.45. The zero-order valence-electron chi connectivity index (χ0n) is 16.2. The number of amides is 2. The van der Waals surface area contributed by atoms with Crippen molar-refractivity contribution in [3.05, 3.63) is 69.1 Å². The fourth-order valence-corrected chi connectivity index (χ4v) is 3.67. The standard InChI is InChI=1S/C22H20Br2N2O4/c1-2-14-3-7-17(8-4-14)29-12-20(27)25-26-21(28)13-30-19-10-5-15-11-16(23)6-9-18(15)22(19)24/h3-11H,2,12-13H2,1H3,(H,25,27)(H,26,28). The second kappa shape index (κ2) is 10.4. The third-order valence-electron chi connectivity index (χ3n) is 4.28. The van der Waals surface area contributed by atoms with Gasteiger partial charge < -0.3 is 9.47 Å². The van der Waals surface area contributed by atoms with Gasteiger partial charge in [0.1, 0.15) is 11.5 Å². The number of rotatable bonds is 7. The minimum absolute atomic E-state index is 0.210. The normalized spacial score (nSPS) is 10.5. The Labute approximate surface area is 191 Å². The first-order valence-corrected chi connectivity index (χ1v) is 10.8. The molecule has 3 rings (SSSR count). The molecule has 0 aliphatic heterocycles. The second-order valence-corrected chi connectivity index (χ2v) is 8.12. The van der Waals surface area contributed by atoms with Crippen LogP contribution in [0.15, 0.2) is 63.5 Å². The van der Waals surface area contributed by atoms with Gasteiger partial charge in [-0.1, -0.05) is 47.1 Å². The van der Waals surface area contributed by atoms with E-state index >= 15 is 0 Å². The van der Waals surface area contributed by atoms with E-state index in [0.717, 1.165) is 26.1 Å². The molecule has 0 aromatic heterocycles. The smallest absolute Gasteiger partial charge is 0.276 e. The second-order valence-electron chi connectivity index (χ2n) is 6.41. The van der Waals surface area contributed by atoms with Crippen LogP contribution in [0, 0.1) is 0 Å². The number of benzene rings is 3. The Balaban J connectivity index is 1.44. The molecule has 0 unspecified atom stereocenters. The molecule has 3 aromatic rings. The molecule has 0 saturated carbocycles. The summed E-state index contributed by atoms with van der Waals surface area (Å²) in [7, 11) is 0. The van der Waals surface area contributed by atoms with Crippen LogP contribution in [0.4, 0.5) is 0 Å². The third kappa shape index (κ3) is 5.96. The average Bonchev–Trinajstić information content (AvgIpc) is 2.76. The largest absolute Gasteiger partial charge is 0.484 e. The van der Waals surface area contributed by atoms with Crippen LogP contribution >= 0.6 is 31.9 Å². The van der Waals surface area contributed by atoms with E-state index in [1.807, 2.05) is 36.4 Å². The molecule has 0 heterocycles. The maximum Gasteiger partial charge on any atom is 0.276 e. The van der Waals surface area contributed by atoms with Crippen molar-refractivity contribution in [1.29, 1.82) is 0 Å². The maximum absolute atomic E-state index is 12.0. The number of halogens is 2. The van der Waals surface area contributed by atoms with Gasteiger partial charge in [-0.15, -0.1) is 0 Å². The van der Waals surface area contributed by atoms with E-state index in [1.165, 1.54) is 5.56 Å². The average molecular weight is 536 g/mol. The van der Waals surface area contributed by atoms with E-state index in [2.05, 4.69) is 49.6 Å². The number of aryl methyl sites for hydroxylation is 1. The fourth-order valence-electron chi connectivity index (χ4n) is 2.68. The lowest BCUT2D eigenvalue weighted by molar-refractivity contribution is -0.131. The molecule has 156 valence electrons. The predicted octanol–water partition coefficient (Wildman–Crippen LogP) is 4.53. The van der Waals surface area contributed by atoms with Crippen LogP contribution in [0.2, 0.25) is 0 Å². The quantitative estimate of drug-likeness (QED) is 0.436. The van der Waals surface area contributed by atoms with Gasteiger partial charge in [-0.2, -0.15) is 0 Å². The highest BCUT2D eigenvalue weighted by molar-refractivity contribution is 9.11. The van der Waals surface area contributed by atoms with Crippen LogP contribution in [-0.2, 0) is 16.0 Å². The summed E-state index contributed by atoms with van der Waals surface area (Å²) < 4.78 is 12.7. The Bertz CT molecular complexity index is 1050. The van der Waals surface area contributed by atoms with Crippen LogP contribution in [0.1, 0.15) is 12.5 Å². The molecule has 0 atom stereocenters. The number of hydrogen-bond donors (Lipinski definition) is 2. The van der Waals surface area contributed by atoms with Crippen molar-refractivity contribution >= 4 is 54.4 Å². The molecule has 0 saturated heterocycles. The summed E-state index contributed by atoms with van der Waals surface area (Å²) in [6, 6.07) is 17.0. The molecular weight excluding hydrogens is 516 g/mol. The highest BCUT2D eigenvalue weighted by Crippen LogP contribution is 2.34. The Kier molecular flexibility index (Phi) is 7.70. The van der Waals surface area contributed by atoms with E-state index in [0.29, 0.717) is 11.5 Å². The molecule has 2 N–H and O–H groups in total. The van der Waals surface area contributed by atoms with Gasteiger partial charge in [0.15, 0.2) is 13.2 Å². The minimum atomic E-state index is -0.488. The molecule has 0 spiro atoms. The Morgan fingerprint density at radius 3 is 2.20 bits per heavy atom.